The molecule has 0 unspecified atom stereocenters. The zero-order valence-electron chi connectivity index (χ0n) is 25.6. The van der Waals surface area contributed by atoms with E-state index in [4.69, 9.17) is 38.8 Å². The van der Waals surface area contributed by atoms with E-state index in [1.165, 1.54) is 6.07 Å². The first-order valence-electron chi connectivity index (χ1n) is 14.7. The number of anilines is 2. The van der Waals surface area contributed by atoms with Crippen LogP contribution in [-0.4, -0.2) is 64.4 Å². The van der Waals surface area contributed by atoms with Gasteiger partial charge in [0, 0.05) is 48.8 Å². The van der Waals surface area contributed by atoms with Crippen LogP contribution in [-0.2, 0) is 11.2 Å². The van der Waals surface area contributed by atoms with E-state index in [9.17, 15) is 14.0 Å². The molecule has 2 aromatic heterocycles. The highest BCUT2D eigenvalue weighted by Gasteiger charge is 2.19. The third-order valence-electron chi connectivity index (χ3n) is 7.05. The quantitative estimate of drug-likeness (QED) is 0.0619. The van der Waals surface area contributed by atoms with Crippen LogP contribution in [0.3, 0.4) is 0 Å². The lowest BCUT2D eigenvalue weighted by atomic mass is 10.0. The summed E-state index contributed by atoms with van der Waals surface area (Å²) in [5.74, 6) is -1.09. The number of nitrogens with zero attached hydrogens (tertiary/aromatic N) is 5. The van der Waals surface area contributed by atoms with Crippen molar-refractivity contribution in [1.29, 1.82) is 5.26 Å². The number of hydrogen-bond acceptors (Lipinski definition) is 9. The SMILES string of the molecule is CCc1cc(Nc2nccn3c(-c4ccc(OCC#N)c(F)c4Cl)cnc23)ccc1C(=O)NCCNC(=O)[C@H](N)CCCN=C(N)N. The highest BCUT2D eigenvalue weighted by atomic mass is 35.5. The van der Waals surface area contributed by atoms with Crippen LogP contribution in [0.1, 0.15) is 35.7 Å². The Labute approximate surface area is 275 Å². The second-order valence-corrected chi connectivity index (χ2v) is 10.6. The number of halogens is 2. The summed E-state index contributed by atoms with van der Waals surface area (Å²) in [4.78, 5) is 37.9. The molecule has 0 aliphatic heterocycles. The van der Waals surface area contributed by atoms with E-state index in [0.717, 1.165) is 5.56 Å². The number of carbonyl (C=O) groups excluding carboxylic acids is 2. The fourth-order valence-corrected chi connectivity index (χ4v) is 4.97. The number of nitriles is 1. The minimum Gasteiger partial charge on any atom is -0.476 e. The number of imidazole rings is 1. The van der Waals surface area contributed by atoms with Crippen LogP contribution in [0.25, 0.3) is 16.9 Å². The smallest absolute Gasteiger partial charge is 0.251 e. The topological polar surface area (TPSA) is 224 Å². The van der Waals surface area contributed by atoms with Gasteiger partial charge in [0.25, 0.3) is 5.91 Å². The van der Waals surface area contributed by atoms with Gasteiger partial charge in [0.1, 0.15) is 6.07 Å². The molecule has 0 radical (unpaired) electrons. The number of carbonyl (C=O) groups is 2. The van der Waals surface area contributed by atoms with Crippen LogP contribution in [0, 0.1) is 17.1 Å². The number of ether oxygens (including phenoxy) is 1. The Morgan fingerprint density at radius 1 is 1.19 bits per heavy atom. The summed E-state index contributed by atoms with van der Waals surface area (Å²) in [5.41, 5.74) is 19.8. The third kappa shape index (κ3) is 8.63. The van der Waals surface area contributed by atoms with E-state index in [1.54, 1.807) is 47.3 Å². The van der Waals surface area contributed by atoms with Crippen molar-refractivity contribution in [2.75, 3.05) is 31.6 Å². The summed E-state index contributed by atoms with van der Waals surface area (Å²) in [6, 6.07) is 9.39. The van der Waals surface area contributed by atoms with E-state index >= 15 is 0 Å². The molecule has 4 aromatic rings. The molecule has 0 aliphatic carbocycles. The Kier molecular flexibility index (Phi) is 11.9. The van der Waals surface area contributed by atoms with Crippen molar-refractivity contribution < 1.29 is 18.7 Å². The number of benzene rings is 2. The largest absolute Gasteiger partial charge is 0.476 e. The lowest BCUT2D eigenvalue weighted by Gasteiger charge is -2.14. The summed E-state index contributed by atoms with van der Waals surface area (Å²) >= 11 is 6.33. The van der Waals surface area contributed by atoms with Crippen LogP contribution in [0.5, 0.6) is 5.75 Å². The summed E-state index contributed by atoms with van der Waals surface area (Å²) < 4.78 is 21.7. The molecule has 2 heterocycles. The van der Waals surface area contributed by atoms with Crippen LogP contribution in [0.2, 0.25) is 5.02 Å². The van der Waals surface area contributed by atoms with Gasteiger partial charge in [-0.2, -0.15) is 5.26 Å². The first-order valence-corrected chi connectivity index (χ1v) is 15.1. The van der Waals surface area contributed by atoms with Crippen molar-refractivity contribution >= 4 is 46.5 Å². The molecule has 2 aromatic carbocycles. The number of nitrogens with two attached hydrogens (primary N) is 3. The Morgan fingerprint density at radius 3 is 2.72 bits per heavy atom. The number of aliphatic imine (C=N–C) groups is 1. The van der Waals surface area contributed by atoms with E-state index in [0.29, 0.717) is 59.8 Å². The predicted molar refractivity (Wildman–Crippen MR) is 177 cm³/mol. The van der Waals surface area contributed by atoms with Gasteiger partial charge in [-0.1, -0.05) is 18.5 Å². The number of nitrogens with one attached hydrogen (secondary N) is 3. The van der Waals surface area contributed by atoms with Crippen LogP contribution in [0.4, 0.5) is 15.9 Å². The molecule has 0 saturated heterocycles. The first-order chi connectivity index (χ1) is 22.6. The molecule has 9 N–H and O–H groups in total. The highest BCUT2D eigenvalue weighted by Crippen LogP contribution is 2.36. The molecule has 14 nitrogen and oxygen atoms in total. The maximum absolute atomic E-state index is 14.8. The van der Waals surface area contributed by atoms with Gasteiger partial charge in [-0.3, -0.25) is 19.0 Å². The van der Waals surface area contributed by atoms with E-state index < -0.39 is 11.9 Å². The Hall–Kier alpha value is -5.46. The average molecular weight is 664 g/mol. The summed E-state index contributed by atoms with van der Waals surface area (Å²) in [6.45, 7) is 2.44. The Bertz CT molecular complexity index is 1820. The van der Waals surface area contributed by atoms with Gasteiger partial charge in [0.2, 0.25) is 5.91 Å². The van der Waals surface area contributed by atoms with Crippen LogP contribution >= 0.6 is 11.6 Å². The zero-order chi connectivity index (χ0) is 33.9. The zero-order valence-corrected chi connectivity index (χ0v) is 26.4. The second kappa shape index (κ2) is 16.2. The minimum atomic E-state index is -0.778. The monoisotopic (exact) mass is 663 g/mol. The fraction of sp³-hybridized carbons (Fsp3) is 0.290. The molecular formula is C31H35ClFN11O3. The number of guanidine groups is 1. The lowest BCUT2D eigenvalue weighted by Crippen LogP contribution is -2.43. The minimum absolute atomic E-state index is 0.00976. The predicted octanol–water partition coefficient (Wildman–Crippen LogP) is 2.62. The van der Waals surface area contributed by atoms with Crippen LogP contribution < -0.4 is 37.9 Å². The third-order valence-corrected chi connectivity index (χ3v) is 7.42. The van der Waals surface area contributed by atoms with E-state index in [1.807, 2.05) is 13.0 Å². The standard InChI is InChI=1S/C31H35ClFN11O3/c1-2-18-16-19(5-6-20(18)29(45)39-11-12-40-30(46)22(35)4-3-10-41-31(36)37)43-27-28-42-17-23(44(28)14-13-38-27)21-7-8-24(47-15-9-34)26(33)25(21)32/h5-8,13-14,16-17,22H,2-4,10-12,15,35H2,1H3,(H,38,43)(H,39,45)(H,40,46)(H4,36,37,41)/t22-/m1/s1. The molecule has 0 aliphatic rings. The molecule has 16 heteroatoms. The lowest BCUT2D eigenvalue weighted by molar-refractivity contribution is -0.122. The summed E-state index contributed by atoms with van der Waals surface area (Å²) in [6.07, 6.45) is 6.35. The van der Waals surface area contributed by atoms with Crippen molar-refractivity contribution in [3.8, 4) is 23.1 Å². The number of hydrogen-bond donors (Lipinski definition) is 6. The van der Waals surface area contributed by atoms with Crippen molar-refractivity contribution in [2.24, 2.45) is 22.2 Å². The first kappa shape index (κ1) is 34.4. The molecule has 0 fully saturated rings. The van der Waals surface area contributed by atoms with Gasteiger partial charge < -0.3 is 37.9 Å². The number of rotatable bonds is 15. The maximum Gasteiger partial charge on any atom is 0.251 e. The second-order valence-electron chi connectivity index (χ2n) is 10.3. The molecule has 0 saturated carbocycles. The maximum atomic E-state index is 14.8. The molecule has 1 atom stereocenters. The molecular weight excluding hydrogens is 629 g/mol. The van der Waals surface area contributed by atoms with Crippen molar-refractivity contribution in [2.45, 2.75) is 32.2 Å². The molecule has 246 valence electrons. The Morgan fingerprint density at radius 2 is 1.98 bits per heavy atom. The van der Waals surface area contributed by atoms with Gasteiger partial charge in [0.05, 0.1) is 23.0 Å². The molecule has 2 amide bonds. The number of aromatic nitrogens is 3. The molecule has 0 bridgehead atoms. The van der Waals surface area contributed by atoms with Gasteiger partial charge in [-0.05, 0) is 55.2 Å². The average Bonchev–Trinajstić information content (AvgIpc) is 3.50. The van der Waals surface area contributed by atoms with E-state index in [2.05, 4.69) is 30.9 Å². The number of fused-ring (bicyclic) bond motifs is 1. The normalized spacial score (nSPS) is 11.4. The van der Waals surface area contributed by atoms with Crippen LogP contribution in [0.15, 0.2) is 53.9 Å². The van der Waals surface area contributed by atoms with Crippen molar-refractivity contribution in [1.82, 2.24) is 25.0 Å². The molecule has 47 heavy (non-hydrogen) atoms. The molecule has 0 spiro atoms. The van der Waals surface area contributed by atoms with Gasteiger partial charge >= 0.3 is 0 Å². The van der Waals surface area contributed by atoms with Crippen molar-refractivity contribution in [3.05, 3.63) is 70.9 Å². The fourth-order valence-electron chi connectivity index (χ4n) is 4.72. The summed E-state index contributed by atoms with van der Waals surface area (Å²) in [5, 5.41) is 17.3. The number of aryl methyl sites for hydroxylation is 1. The Balaban J connectivity index is 1.39. The summed E-state index contributed by atoms with van der Waals surface area (Å²) in [7, 11) is 0. The highest BCUT2D eigenvalue weighted by molar-refractivity contribution is 6.33. The molecule has 4 rings (SSSR count). The van der Waals surface area contributed by atoms with Gasteiger partial charge in [-0.15, -0.1) is 0 Å². The number of amides is 2. The van der Waals surface area contributed by atoms with Gasteiger partial charge in [0.15, 0.2) is 35.6 Å². The van der Waals surface area contributed by atoms with Gasteiger partial charge in [-0.25, -0.2) is 14.4 Å². The van der Waals surface area contributed by atoms with E-state index in [-0.39, 0.29) is 48.2 Å². The van der Waals surface area contributed by atoms with Crippen molar-refractivity contribution in [3.63, 3.8) is 0 Å².